The number of phenolic OH excluding ortho intramolecular Hbond substituents is 3. The molecule has 0 unspecified atom stereocenters. The van der Waals surface area contributed by atoms with Crippen molar-refractivity contribution in [3.8, 4) is 17.2 Å². The second kappa shape index (κ2) is 6.55. The number of benzene rings is 1. The first-order valence-corrected chi connectivity index (χ1v) is 7.84. The van der Waals surface area contributed by atoms with Crippen LogP contribution >= 0.6 is 11.3 Å². The number of aryl methyl sites for hydroxylation is 1. The van der Waals surface area contributed by atoms with E-state index < -0.39 is 17.2 Å². The van der Waals surface area contributed by atoms with Crippen molar-refractivity contribution in [3.05, 3.63) is 58.1 Å². The van der Waals surface area contributed by atoms with Gasteiger partial charge in [-0.05, 0) is 31.2 Å². The highest BCUT2D eigenvalue weighted by atomic mass is 32.1. The van der Waals surface area contributed by atoms with E-state index >= 15 is 0 Å². The van der Waals surface area contributed by atoms with Gasteiger partial charge in [0.05, 0.1) is 23.8 Å². The molecule has 0 aliphatic carbocycles. The highest BCUT2D eigenvalue weighted by molar-refractivity contribution is 7.07. The van der Waals surface area contributed by atoms with Crippen molar-refractivity contribution in [2.45, 2.75) is 6.92 Å². The summed E-state index contributed by atoms with van der Waals surface area (Å²) >= 11 is 1.42. The minimum Gasteiger partial charge on any atom is -0.504 e. The van der Waals surface area contributed by atoms with Gasteiger partial charge in [-0.25, -0.2) is 9.67 Å². The maximum atomic E-state index is 9.84. The molecule has 0 aliphatic rings. The van der Waals surface area contributed by atoms with E-state index in [1.54, 1.807) is 23.1 Å². The number of hydrogen-bond acceptors (Lipinski definition) is 7. The number of aromatic nitrogens is 2. The molecular weight excluding hydrogens is 328 g/mol. The van der Waals surface area contributed by atoms with E-state index in [1.807, 2.05) is 18.4 Å². The van der Waals surface area contributed by atoms with Crippen LogP contribution in [0.15, 0.2) is 52.1 Å². The normalized spacial score (nSPS) is 12.1. The molecule has 3 aromatic rings. The molecule has 0 fully saturated rings. The summed E-state index contributed by atoms with van der Waals surface area (Å²) in [4.78, 5) is 9.14. The third-order valence-electron chi connectivity index (χ3n) is 3.19. The van der Waals surface area contributed by atoms with Crippen molar-refractivity contribution in [1.29, 1.82) is 0 Å². The third kappa shape index (κ3) is 3.13. The fraction of sp³-hybridized carbons (Fsp3) is 0.0625. The van der Waals surface area contributed by atoms with Gasteiger partial charge in [0.2, 0.25) is 10.6 Å². The smallest absolute Gasteiger partial charge is 0.211 e. The van der Waals surface area contributed by atoms with Gasteiger partial charge in [-0.3, -0.25) is 4.98 Å². The monoisotopic (exact) mass is 342 g/mol. The highest BCUT2D eigenvalue weighted by Crippen LogP contribution is 2.36. The molecular formula is C16H14N4O3S. The van der Waals surface area contributed by atoms with E-state index in [4.69, 9.17) is 0 Å². The molecule has 122 valence electrons. The van der Waals surface area contributed by atoms with Crippen LogP contribution in [0.4, 0.5) is 5.69 Å². The molecule has 2 heterocycles. The molecule has 24 heavy (non-hydrogen) atoms. The van der Waals surface area contributed by atoms with E-state index in [9.17, 15) is 15.3 Å². The first kappa shape index (κ1) is 15.8. The number of aromatic hydroxyl groups is 3. The minimum atomic E-state index is -0.578. The summed E-state index contributed by atoms with van der Waals surface area (Å²) in [6.07, 6.45) is 4.70. The van der Waals surface area contributed by atoms with Crippen molar-refractivity contribution in [2.24, 2.45) is 10.1 Å². The number of nitrogens with zero attached hydrogens (tertiary/aromatic N) is 4. The van der Waals surface area contributed by atoms with Crippen LogP contribution in [-0.4, -0.2) is 31.2 Å². The fourth-order valence-corrected chi connectivity index (χ4v) is 2.77. The second-order valence-electron chi connectivity index (χ2n) is 4.91. The predicted molar refractivity (Wildman–Crippen MR) is 90.9 cm³/mol. The molecule has 0 saturated carbocycles. The molecule has 2 aromatic heterocycles. The molecule has 0 bridgehead atoms. The number of thiazole rings is 1. The molecule has 3 N–H and O–H groups in total. The van der Waals surface area contributed by atoms with Gasteiger partial charge < -0.3 is 15.3 Å². The van der Waals surface area contributed by atoms with Crippen LogP contribution in [0.25, 0.3) is 0 Å². The Morgan fingerprint density at radius 3 is 2.75 bits per heavy atom. The van der Waals surface area contributed by atoms with Crippen LogP contribution in [0, 0.1) is 6.92 Å². The zero-order valence-corrected chi connectivity index (χ0v) is 13.5. The Bertz CT molecular complexity index is 961. The molecule has 0 atom stereocenters. The standard InChI is InChI=1S/C16H14N4O3S/c1-10-9-24-16(19-12-3-2-6-17-8-12)20(10)18-7-11-4-5-13(21)15(23)14(11)22/h2-9,21-23H,1H3. The van der Waals surface area contributed by atoms with Crippen molar-refractivity contribution < 1.29 is 15.3 Å². The molecule has 0 spiro atoms. The van der Waals surface area contributed by atoms with Gasteiger partial charge in [-0.1, -0.05) is 0 Å². The number of hydrogen-bond donors (Lipinski definition) is 3. The maximum absolute atomic E-state index is 9.84. The fourth-order valence-electron chi connectivity index (χ4n) is 1.94. The average Bonchev–Trinajstić information content (AvgIpc) is 2.93. The first-order valence-electron chi connectivity index (χ1n) is 6.96. The lowest BCUT2D eigenvalue weighted by Crippen LogP contribution is -2.11. The quantitative estimate of drug-likeness (QED) is 0.502. The van der Waals surface area contributed by atoms with Gasteiger partial charge in [0.1, 0.15) is 0 Å². The predicted octanol–water partition coefficient (Wildman–Crippen LogP) is 2.48. The Morgan fingerprint density at radius 1 is 1.17 bits per heavy atom. The van der Waals surface area contributed by atoms with Crippen molar-refractivity contribution in [1.82, 2.24) is 9.66 Å². The van der Waals surface area contributed by atoms with Crippen LogP contribution in [-0.2, 0) is 0 Å². The molecule has 3 rings (SSSR count). The summed E-state index contributed by atoms with van der Waals surface area (Å²) < 4.78 is 1.61. The molecule has 0 saturated heterocycles. The van der Waals surface area contributed by atoms with Crippen molar-refractivity contribution >= 4 is 23.2 Å². The largest absolute Gasteiger partial charge is 0.504 e. The third-order valence-corrected chi connectivity index (χ3v) is 4.13. The van der Waals surface area contributed by atoms with E-state index in [0.717, 1.165) is 5.69 Å². The first-order chi connectivity index (χ1) is 11.6. The Labute approximate surface area is 141 Å². The van der Waals surface area contributed by atoms with Gasteiger partial charge in [-0.15, -0.1) is 11.3 Å². The number of pyridine rings is 1. The van der Waals surface area contributed by atoms with Gasteiger partial charge >= 0.3 is 0 Å². The summed E-state index contributed by atoms with van der Waals surface area (Å²) in [5.74, 6) is -1.40. The van der Waals surface area contributed by atoms with Gasteiger partial charge in [0.25, 0.3) is 0 Å². The average molecular weight is 342 g/mol. The summed E-state index contributed by atoms with van der Waals surface area (Å²) in [5.41, 5.74) is 1.84. The lowest BCUT2D eigenvalue weighted by molar-refractivity contribution is 0.367. The van der Waals surface area contributed by atoms with Crippen LogP contribution in [0.1, 0.15) is 11.3 Å². The van der Waals surface area contributed by atoms with E-state index in [2.05, 4.69) is 15.1 Å². The SMILES string of the molecule is Cc1csc(=Nc2cccnc2)n1N=Cc1ccc(O)c(O)c1O. The molecule has 0 aliphatic heterocycles. The van der Waals surface area contributed by atoms with Gasteiger partial charge in [0.15, 0.2) is 11.5 Å². The van der Waals surface area contributed by atoms with E-state index in [0.29, 0.717) is 10.5 Å². The molecule has 0 amide bonds. The molecule has 1 aromatic carbocycles. The summed E-state index contributed by atoms with van der Waals surface area (Å²) in [7, 11) is 0. The highest BCUT2D eigenvalue weighted by Gasteiger charge is 2.09. The minimum absolute atomic E-state index is 0.274. The zero-order chi connectivity index (χ0) is 17.1. The lowest BCUT2D eigenvalue weighted by atomic mass is 10.2. The summed E-state index contributed by atoms with van der Waals surface area (Å²) in [6, 6.07) is 6.36. The van der Waals surface area contributed by atoms with Crippen LogP contribution < -0.4 is 4.80 Å². The lowest BCUT2D eigenvalue weighted by Gasteiger charge is -2.03. The zero-order valence-electron chi connectivity index (χ0n) is 12.7. The van der Waals surface area contributed by atoms with Crippen LogP contribution in [0.5, 0.6) is 17.2 Å². The van der Waals surface area contributed by atoms with Crippen LogP contribution in [0.2, 0.25) is 0 Å². The van der Waals surface area contributed by atoms with Gasteiger partial charge in [0, 0.05) is 17.1 Å². The Morgan fingerprint density at radius 2 is 2.00 bits per heavy atom. The summed E-state index contributed by atoms with van der Waals surface area (Å²) in [5, 5.41) is 35.0. The Kier molecular flexibility index (Phi) is 4.30. The Hall–Kier alpha value is -3.13. The second-order valence-corrected chi connectivity index (χ2v) is 5.75. The van der Waals surface area contributed by atoms with Crippen molar-refractivity contribution in [3.63, 3.8) is 0 Å². The molecule has 0 radical (unpaired) electrons. The Balaban J connectivity index is 2.01. The topological polar surface area (TPSA) is 103 Å². The molecule has 7 nitrogen and oxygen atoms in total. The van der Waals surface area contributed by atoms with Crippen molar-refractivity contribution in [2.75, 3.05) is 0 Å². The summed E-state index contributed by atoms with van der Waals surface area (Å²) in [6.45, 7) is 1.88. The van der Waals surface area contributed by atoms with Crippen LogP contribution in [0.3, 0.4) is 0 Å². The van der Waals surface area contributed by atoms with Gasteiger partial charge in [-0.2, -0.15) is 5.10 Å². The maximum Gasteiger partial charge on any atom is 0.211 e. The number of phenols is 3. The molecule has 8 heteroatoms. The van der Waals surface area contributed by atoms with E-state index in [-0.39, 0.29) is 5.56 Å². The van der Waals surface area contributed by atoms with E-state index in [1.165, 1.54) is 29.7 Å². The number of rotatable bonds is 3.